The Morgan fingerprint density at radius 3 is 2.84 bits per heavy atom. The quantitative estimate of drug-likeness (QED) is 0.500. The molecule has 98 valence electrons. The molecule has 6 heteroatoms. The van der Waals surface area contributed by atoms with Crippen LogP contribution in [0.2, 0.25) is 0 Å². The Kier molecular flexibility index (Phi) is 3.61. The summed E-state index contributed by atoms with van der Waals surface area (Å²) in [4.78, 5) is 14.4. The van der Waals surface area contributed by atoms with Gasteiger partial charge in [-0.2, -0.15) is 0 Å². The second-order valence-electron chi connectivity index (χ2n) is 4.11. The molecule has 0 aliphatic rings. The van der Waals surface area contributed by atoms with Crippen LogP contribution in [0, 0.1) is 10.1 Å². The number of hydrogen-bond acceptors (Lipinski definition) is 5. The number of phenols is 1. The van der Waals surface area contributed by atoms with E-state index in [0.29, 0.717) is 5.69 Å². The van der Waals surface area contributed by atoms with Crippen molar-refractivity contribution in [2.24, 2.45) is 0 Å². The molecule has 0 saturated carbocycles. The summed E-state index contributed by atoms with van der Waals surface area (Å²) in [7, 11) is 0. The van der Waals surface area contributed by atoms with E-state index in [4.69, 9.17) is 0 Å². The van der Waals surface area contributed by atoms with Crippen molar-refractivity contribution in [3.05, 3.63) is 58.4 Å². The van der Waals surface area contributed by atoms with Crippen LogP contribution in [0.1, 0.15) is 18.5 Å². The minimum Gasteiger partial charge on any atom is -0.508 e. The fourth-order valence-corrected chi connectivity index (χ4v) is 1.74. The molecule has 1 heterocycles. The average molecular weight is 259 g/mol. The zero-order valence-electron chi connectivity index (χ0n) is 10.3. The fourth-order valence-electron chi connectivity index (χ4n) is 1.74. The first-order valence-corrected chi connectivity index (χ1v) is 5.72. The first-order chi connectivity index (χ1) is 9.08. The highest BCUT2D eigenvalue weighted by Gasteiger charge is 2.16. The summed E-state index contributed by atoms with van der Waals surface area (Å²) in [6.45, 7) is 1.88. The molecule has 0 bridgehead atoms. The molecule has 2 rings (SSSR count). The van der Waals surface area contributed by atoms with Gasteiger partial charge in [-0.15, -0.1) is 0 Å². The molecule has 1 aromatic carbocycles. The van der Waals surface area contributed by atoms with E-state index in [1.54, 1.807) is 18.5 Å². The number of pyridine rings is 1. The van der Waals surface area contributed by atoms with Crippen LogP contribution in [0.4, 0.5) is 11.4 Å². The predicted octanol–water partition coefficient (Wildman–Crippen LogP) is 2.87. The van der Waals surface area contributed by atoms with Crippen molar-refractivity contribution in [2.75, 3.05) is 5.32 Å². The van der Waals surface area contributed by atoms with Crippen molar-refractivity contribution in [3.63, 3.8) is 0 Å². The second-order valence-corrected chi connectivity index (χ2v) is 4.11. The molecular weight excluding hydrogens is 246 g/mol. The van der Waals surface area contributed by atoms with E-state index in [1.807, 2.05) is 13.0 Å². The molecular formula is C13H13N3O3. The smallest absolute Gasteiger partial charge is 0.296 e. The standard InChI is InChI=1S/C13H13N3O3/c1-9(10-3-2-6-14-8-10)15-12-5-4-11(17)7-13(12)16(18)19/h2-9,15,17H,1H3. The van der Waals surface area contributed by atoms with Gasteiger partial charge < -0.3 is 10.4 Å². The molecule has 0 spiro atoms. The van der Waals surface area contributed by atoms with Gasteiger partial charge in [0, 0.05) is 12.4 Å². The normalized spacial score (nSPS) is 11.8. The lowest BCUT2D eigenvalue weighted by Gasteiger charge is -2.15. The molecule has 1 unspecified atom stereocenters. The third kappa shape index (κ3) is 2.98. The number of rotatable bonds is 4. The summed E-state index contributed by atoms with van der Waals surface area (Å²) < 4.78 is 0. The summed E-state index contributed by atoms with van der Waals surface area (Å²) in [6, 6.07) is 7.58. The summed E-state index contributed by atoms with van der Waals surface area (Å²) in [6.07, 6.45) is 3.36. The van der Waals surface area contributed by atoms with Crippen LogP contribution in [-0.2, 0) is 0 Å². The van der Waals surface area contributed by atoms with E-state index in [0.717, 1.165) is 11.6 Å². The minimum atomic E-state index is -0.530. The van der Waals surface area contributed by atoms with E-state index >= 15 is 0 Å². The summed E-state index contributed by atoms with van der Waals surface area (Å²) in [5.74, 6) is -0.133. The molecule has 2 aromatic rings. The Labute approximate surface area is 109 Å². The van der Waals surface area contributed by atoms with Crippen molar-refractivity contribution in [3.8, 4) is 5.75 Å². The second kappa shape index (κ2) is 5.34. The number of aromatic nitrogens is 1. The lowest BCUT2D eigenvalue weighted by molar-refractivity contribution is -0.384. The van der Waals surface area contributed by atoms with Crippen molar-refractivity contribution in [1.82, 2.24) is 4.98 Å². The predicted molar refractivity (Wildman–Crippen MR) is 71.0 cm³/mol. The topological polar surface area (TPSA) is 88.3 Å². The third-order valence-electron chi connectivity index (χ3n) is 2.73. The fraction of sp³-hybridized carbons (Fsp3) is 0.154. The van der Waals surface area contributed by atoms with Gasteiger partial charge in [-0.25, -0.2) is 0 Å². The van der Waals surface area contributed by atoms with Crippen molar-refractivity contribution in [1.29, 1.82) is 0 Å². The van der Waals surface area contributed by atoms with Gasteiger partial charge >= 0.3 is 0 Å². The zero-order valence-corrected chi connectivity index (χ0v) is 10.3. The van der Waals surface area contributed by atoms with Crippen LogP contribution in [-0.4, -0.2) is 15.0 Å². The van der Waals surface area contributed by atoms with Gasteiger partial charge in [0.05, 0.1) is 17.0 Å². The van der Waals surface area contributed by atoms with Crippen LogP contribution in [0.25, 0.3) is 0 Å². The number of nitrogens with one attached hydrogen (secondary N) is 1. The van der Waals surface area contributed by atoms with E-state index < -0.39 is 4.92 Å². The third-order valence-corrected chi connectivity index (χ3v) is 2.73. The number of aromatic hydroxyl groups is 1. The number of benzene rings is 1. The lowest BCUT2D eigenvalue weighted by atomic mass is 10.1. The Balaban J connectivity index is 2.26. The number of phenolic OH excluding ortho intramolecular Hbond substituents is 1. The van der Waals surface area contributed by atoms with Gasteiger partial charge in [0.25, 0.3) is 5.69 Å². The molecule has 0 fully saturated rings. The molecule has 2 N–H and O–H groups in total. The van der Waals surface area contributed by atoms with Gasteiger partial charge in [-0.1, -0.05) is 6.07 Å². The number of nitro benzene ring substituents is 1. The number of nitrogens with zero attached hydrogens (tertiary/aromatic N) is 2. The van der Waals surface area contributed by atoms with Gasteiger partial charge in [0.15, 0.2) is 0 Å². The Hall–Kier alpha value is -2.63. The van der Waals surface area contributed by atoms with Crippen LogP contribution in [0.15, 0.2) is 42.7 Å². The van der Waals surface area contributed by atoms with Crippen molar-refractivity contribution < 1.29 is 10.0 Å². The van der Waals surface area contributed by atoms with Gasteiger partial charge in [0.1, 0.15) is 11.4 Å². The Morgan fingerprint density at radius 2 is 2.21 bits per heavy atom. The van der Waals surface area contributed by atoms with E-state index in [9.17, 15) is 15.2 Å². The minimum absolute atomic E-state index is 0.128. The molecule has 0 aliphatic heterocycles. The molecule has 0 radical (unpaired) electrons. The van der Waals surface area contributed by atoms with E-state index in [-0.39, 0.29) is 17.5 Å². The molecule has 19 heavy (non-hydrogen) atoms. The van der Waals surface area contributed by atoms with Crippen molar-refractivity contribution >= 4 is 11.4 Å². The highest BCUT2D eigenvalue weighted by molar-refractivity contribution is 5.64. The molecule has 0 saturated heterocycles. The maximum Gasteiger partial charge on any atom is 0.296 e. The SMILES string of the molecule is CC(Nc1ccc(O)cc1[N+](=O)[O-])c1cccnc1. The molecule has 6 nitrogen and oxygen atoms in total. The van der Waals surface area contributed by atoms with Crippen LogP contribution < -0.4 is 5.32 Å². The van der Waals surface area contributed by atoms with Crippen LogP contribution in [0.3, 0.4) is 0 Å². The van der Waals surface area contributed by atoms with E-state index in [2.05, 4.69) is 10.3 Å². The Bertz CT molecular complexity index is 587. The summed E-state index contributed by atoms with van der Waals surface area (Å²) >= 11 is 0. The number of nitro groups is 1. The molecule has 1 aromatic heterocycles. The maximum atomic E-state index is 10.9. The monoisotopic (exact) mass is 259 g/mol. The Morgan fingerprint density at radius 1 is 1.42 bits per heavy atom. The molecule has 1 atom stereocenters. The largest absolute Gasteiger partial charge is 0.508 e. The first kappa shape index (κ1) is 12.8. The van der Waals surface area contributed by atoms with Gasteiger partial charge in [0.2, 0.25) is 0 Å². The summed E-state index contributed by atoms with van der Waals surface area (Å²) in [5.41, 5.74) is 1.12. The molecule has 0 amide bonds. The lowest BCUT2D eigenvalue weighted by Crippen LogP contribution is -2.08. The maximum absolute atomic E-state index is 10.9. The van der Waals surface area contributed by atoms with Crippen LogP contribution >= 0.6 is 0 Å². The highest BCUT2D eigenvalue weighted by Crippen LogP contribution is 2.31. The highest BCUT2D eigenvalue weighted by atomic mass is 16.6. The number of hydrogen-bond donors (Lipinski definition) is 2. The first-order valence-electron chi connectivity index (χ1n) is 5.72. The van der Waals surface area contributed by atoms with Crippen LogP contribution in [0.5, 0.6) is 5.75 Å². The number of anilines is 1. The van der Waals surface area contributed by atoms with Crippen molar-refractivity contribution in [2.45, 2.75) is 13.0 Å². The van der Waals surface area contributed by atoms with Gasteiger partial charge in [-0.3, -0.25) is 15.1 Å². The average Bonchev–Trinajstić information content (AvgIpc) is 2.41. The zero-order chi connectivity index (χ0) is 13.8. The van der Waals surface area contributed by atoms with Gasteiger partial charge in [-0.05, 0) is 30.7 Å². The summed E-state index contributed by atoms with van der Waals surface area (Å²) in [5, 5.41) is 23.3. The van der Waals surface area contributed by atoms with E-state index in [1.165, 1.54) is 12.1 Å². The molecule has 0 aliphatic carbocycles.